The Morgan fingerprint density at radius 2 is 2.26 bits per heavy atom. The van der Waals surface area contributed by atoms with E-state index in [2.05, 4.69) is 21.2 Å². The highest BCUT2D eigenvalue weighted by molar-refractivity contribution is 7.99. The summed E-state index contributed by atoms with van der Waals surface area (Å²) in [5.41, 5.74) is 7.51. The number of fused-ring (bicyclic) bond motifs is 1. The van der Waals surface area contributed by atoms with Gasteiger partial charge in [0.1, 0.15) is 6.33 Å². The van der Waals surface area contributed by atoms with Gasteiger partial charge < -0.3 is 10.5 Å². The van der Waals surface area contributed by atoms with Crippen LogP contribution >= 0.6 is 11.8 Å². The molecule has 1 aliphatic carbocycles. The lowest BCUT2D eigenvalue weighted by molar-refractivity contribution is 0.401. The summed E-state index contributed by atoms with van der Waals surface area (Å²) >= 11 is 1.89. The highest BCUT2D eigenvalue weighted by atomic mass is 32.2. The average Bonchev–Trinajstić information content (AvgIpc) is 3.00. The Morgan fingerprint density at radius 1 is 1.42 bits per heavy atom. The third kappa shape index (κ3) is 1.92. The predicted octanol–water partition coefficient (Wildman–Crippen LogP) is 1.87. The van der Waals surface area contributed by atoms with Crippen LogP contribution in [0, 0.1) is 0 Å². The number of nitrogen functional groups attached to an aromatic ring is 1. The predicted molar refractivity (Wildman–Crippen MR) is 76.5 cm³/mol. The minimum absolute atomic E-state index is 0.361. The van der Waals surface area contributed by atoms with Gasteiger partial charge in [0.25, 0.3) is 0 Å². The normalized spacial score (nSPS) is 23.1. The zero-order valence-electron chi connectivity index (χ0n) is 11.0. The number of imidazole rings is 1. The summed E-state index contributed by atoms with van der Waals surface area (Å²) in [6, 6.07) is 0.361. The van der Waals surface area contributed by atoms with E-state index in [0.29, 0.717) is 28.6 Å². The molecule has 1 saturated carbocycles. The van der Waals surface area contributed by atoms with Gasteiger partial charge in [0.05, 0.1) is 13.2 Å². The molecule has 19 heavy (non-hydrogen) atoms. The molecule has 2 unspecified atom stereocenters. The Bertz CT molecular complexity index is 599. The molecule has 0 radical (unpaired) electrons. The van der Waals surface area contributed by atoms with E-state index in [9.17, 15) is 0 Å². The Kier molecular flexibility index (Phi) is 3.22. The minimum atomic E-state index is 0.361. The van der Waals surface area contributed by atoms with E-state index in [1.54, 1.807) is 7.11 Å². The largest absolute Gasteiger partial charge is 0.479 e. The number of aromatic nitrogens is 4. The van der Waals surface area contributed by atoms with Crippen molar-refractivity contribution < 1.29 is 4.74 Å². The molecule has 3 rings (SSSR count). The summed E-state index contributed by atoms with van der Waals surface area (Å²) in [6.07, 6.45) is 7.20. The van der Waals surface area contributed by atoms with Crippen LogP contribution in [0.3, 0.4) is 0 Å². The molecule has 2 atom stereocenters. The topological polar surface area (TPSA) is 78.8 Å². The van der Waals surface area contributed by atoms with E-state index in [4.69, 9.17) is 10.5 Å². The Morgan fingerprint density at radius 3 is 3.00 bits per heavy atom. The third-order valence-corrected chi connectivity index (χ3v) is 4.87. The van der Waals surface area contributed by atoms with Crippen molar-refractivity contribution in [2.24, 2.45) is 0 Å². The number of ether oxygens (including phenoxy) is 1. The van der Waals surface area contributed by atoms with Crippen LogP contribution in [0.1, 0.15) is 25.3 Å². The van der Waals surface area contributed by atoms with Gasteiger partial charge in [-0.15, -0.1) is 0 Å². The van der Waals surface area contributed by atoms with E-state index in [-0.39, 0.29) is 0 Å². The SMILES string of the molecule is COc1ncnc2c1nc(N)n2C1CCCC1SC. The molecule has 0 aromatic carbocycles. The van der Waals surface area contributed by atoms with Crippen LogP contribution in [0.4, 0.5) is 5.95 Å². The lowest BCUT2D eigenvalue weighted by Crippen LogP contribution is -2.18. The van der Waals surface area contributed by atoms with Crippen molar-refractivity contribution >= 4 is 28.9 Å². The van der Waals surface area contributed by atoms with Crippen LogP contribution < -0.4 is 10.5 Å². The monoisotopic (exact) mass is 279 g/mol. The molecule has 6 nitrogen and oxygen atoms in total. The second-order valence-electron chi connectivity index (χ2n) is 4.67. The quantitative estimate of drug-likeness (QED) is 0.924. The van der Waals surface area contributed by atoms with Crippen molar-refractivity contribution in [3.8, 4) is 5.88 Å². The molecule has 0 aliphatic heterocycles. The average molecular weight is 279 g/mol. The molecule has 2 aromatic rings. The van der Waals surface area contributed by atoms with Crippen molar-refractivity contribution in [3.05, 3.63) is 6.33 Å². The van der Waals surface area contributed by atoms with E-state index in [1.807, 2.05) is 16.3 Å². The summed E-state index contributed by atoms with van der Waals surface area (Å²) in [6.45, 7) is 0. The number of nitrogens with zero attached hydrogens (tertiary/aromatic N) is 4. The van der Waals surface area contributed by atoms with Crippen molar-refractivity contribution in [1.29, 1.82) is 0 Å². The number of thioether (sulfide) groups is 1. The Balaban J connectivity index is 2.15. The molecule has 1 fully saturated rings. The van der Waals surface area contributed by atoms with E-state index in [0.717, 1.165) is 12.1 Å². The molecule has 2 heterocycles. The number of hydrogen-bond donors (Lipinski definition) is 1. The van der Waals surface area contributed by atoms with E-state index < -0.39 is 0 Å². The van der Waals surface area contributed by atoms with Gasteiger partial charge >= 0.3 is 0 Å². The van der Waals surface area contributed by atoms with E-state index >= 15 is 0 Å². The summed E-state index contributed by atoms with van der Waals surface area (Å²) in [5, 5.41) is 0.570. The molecular formula is C12H17N5OS. The second-order valence-corrected chi connectivity index (χ2v) is 5.74. The second kappa shape index (κ2) is 4.88. The van der Waals surface area contributed by atoms with Crippen LogP contribution in [0.25, 0.3) is 11.2 Å². The van der Waals surface area contributed by atoms with Gasteiger partial charge in [-0.3, -0.25) is 4.57 Å². The van der Waals surface area contributed by atoms with Crippen LogP contribution in [-0.4, -0.2) is 38.1 Å². The number of hydrogen-bond acceptors (Lipinski definition) is 6. The van der Waals surface area contributed by atoms with Gasteiger partial charge in [-0.1, -0.05) is 6.42 Å². The maximum Gasteiger partial charge on any atom is 0.245 e. The van der Waals surface area contributed by atoms with Gasteiger partial charge in [0, 0.05) is 5.25 Å². The summed E-state index contributed by atoms with van der Waals surface area (Å²) in [7, 11) is 1.58. The molecule has 0 bridgehead atoms. The molecule has 7 heteroatoms. The van der Waals surface area contributed by atoms with Crippen molar-refractivity contribution in [2.45, 2.75) is 30.6 Å². The van der Waals surface area contributed by atoms with E-state index in [1.165, 1.54) is 19.2 Å². The molecule has 1 aliphatic rings. The molecule has 102 valence electrons. The Labute approximate surface area is 115 Å². The van der Waals surface area contributed by atoms with Crippen molar-refractivity contribution in [2.75, 3.05) is 19.1 Å². The van der Waals surface area contributed by atoms with Crippen LogP contribution in [0.2, 0.25) is 0 Å². The molecular weight excluding hydrogens is 262 g/mol. The Hall–Kier alpha value is -1.50. The molecule has 2 N–H and O–H groups in total. The first kappa shape index (κ1) is 12.5. The number of anilines is 1. The van der Waals surface area contributed by atoms with Crippen molar-refractivity contribution in [1.82, 2.24) is 19.5 Å². The number of nitrogens with two attached hydrogens (primary N) is 1. The maximum atomic E-state index is 6.09. The first-order valence-corrected chi connectivity index (χ1v) is 7.60. The smallest absolute Gasteiger partial charge is 0.245 e. The minimum Gasteiger partial charge on any atom is -0.479 e. The maximum absolute atomic E-state index is 6.09. The van der Waals surface area contributed by atoms with Gasteiger partial charge in [0.2, 0.25) is 11.8 Å². The molecule has 0 amide bonds. The first-order valence-electron chi connectivity index (χ1n) is 6.31. The summed E-state index contributed by atoms with van der Waals surface area (Å²) in [4.78, 5) is 12.8. The first-order chi connectivity index (χ1) is 9.26. The lowest BCUT2D eigenvalue weighted by atomic mass is 10.2. The highest BCUT2D eigenvalue weighted by Gasteiger charge is 2.31. The number of methoxy groups -OCH3 is 1. The van der Waals surface area contributed by atoms with Crippen LogP contribution in [0.15, 0.2) is 6.33 Å². The van der Waals surface area contributed by atoms with Crippen LogP contribution in [-0.2, 0) is 0 Å². The summed E-state index contributed by atoms with van der Waals surface area (Å²) < 4.78 is 7.27. The van der Waals surface area contributed by atoms with Gasteiger partial charge in [-0.05, 0) is 19.1 Å². The number of rotatable bonds is 3. The fourth-order valence-electron chi connectivity index (χ4n) is 2.86. The molecule has 2 aromatic heterocycles. The molecule has 0 spiro atoms. The van der Waals surface area contributed by atoms with Crippen molar-refractivity contribution in [3.63, 3.8) is 0 Å². The summed E-state index contributed by atoms with van der Waals surface area (Å²) in [5.74, 6) is 0.980. The zero-order chi connectivity index (χ0) is 13.4. The third-order valence-electron chi connectivity index (χ3n) is 3.72. The standard InChI is InChI=1S/C12H17N5OS/c1-18-11-9-10(14-6-15-11)17(12(13)16-9)7-4-3-5-8(7)19-2/h6-8H,3-5H2,1-2H3,(H2,13,16). The van der Waals surface area contributed by atoms with Gasteiger partial charge in [0.15, 0.2) is 11.2 Å². The zero-order valence-corrected chi connectivity index (χ0v) is 11.9. The highest BCUT2D eigenvalue weighted by Crippen LogP contribution is 2.40. The fraction of sp³-hybridized carbons (Fsp3) is 0.583. The fourth-order valence-corrected chi connectivity index (χ4v) is 3.83. The van der Waals surface area contributed by atoms with Gasteiger partial charge in [-0.25, -0.2) is 9.97 Å². The molecule has 0 saturated heterocycles. The lowest BCUT2D eigenvalue weighted by Gasteiger charge is -2.20. The van der Waals surface area contributed by atoms with Crippen LogP contribution in [0.5, 0.6) is 5.88 Å². The van der Waals surface area contributed by atoms with Gasteiger partial charge in [-0.2, -0.15) is 16.7 Å².